The van der Waals surface area contributed by atoms with Crippen LogP contribution in [0.3, 0.4) is 0 Å². The van der Waals surface area contributed by atoms with E-state index in [9.17, 15) is 4.79 Å². The second-order valence-corrected chi connectivity index (χ2v) is 10.4. The SMILES string of the molecule is COc1ccc(-c2csc(N(CCCN3CCOCC3)C(=O)c3cc(Cl)sc3Cl)n2)cc1. The average molecular weight is 512 g/mol. The third-order valence-corrected chi connectivity index (χ3v) is 7.55. The maximum absolute atomic E-state index is 13.4. The maximum atomic E-state index is 13.4. The van der Waals surface area contributed by atoms with Gasteiger partial charge < -0.3 is 9.47 Å². The van der Waals surface area contributed by atoms with Crippen LogP contribution in [-0.2, 0) is 4.74 Å². The molecule has 0 radical (unpaired) electrons. The van der Waals surface area contributed by atoms with E-state index in [1.54, 1.807) is 18.1 Å². The smallest absolute Gasteiger partial charge is 0.262 e. The van der Waals surface area contributed by atoms with E-state index in [-0.39, 0.29) is 5.91 Å². The van der Waals surface area contributed by atoms with Crippen molar-refractivity contribution in [2.24, 2.45) is 0 Å². The molecule has 0 bridgehead atoms. The Labute approximate surface area is 205 Å². The summed E-state index contributed by atoms with van der Waals surface area (Å²) in [6.07, 6.45) is 0.818. The summed E-state index contributed by atoms with van der Waals surface area (Å²) in [7, 11) is 1.64. The van der Waals surface area contributed by atoms with Gasteiger partial charge >= 0.3 is 0 Å². The lowest BCUT2D eigenvalue weighted by Crippen LogP contribution is -2.39. The first kappa shape index (κ1) is 23.5. The molecule has 32 heavy (non-hydrogen) atoms. The highest BCUT2D eigenvalue weighted by atomic mass is 35.5. The standard InChI is InChI=1S/C22H23Cl2N3O3S2/c1-29-16-5-3-15(4-6-16)18-14-31-22(25-18)27(8-2-7-26-9-11-30-12-10-26)21(28)17-13-19(23)32-20(17)24/h3-6,13-14H,2,7-12H2,1H3. The van der Waals surface area contributed by atoms with E-state index in [0.29, 0.717) is 25.9 Å². The van der Waals surface area contributed by atoms with Crippen molar-refractivity contribution >= 4 is 56.9 Å². The number of rotatable bonds is 8. The fraction of sp³-hybridized carbons (Fsp3) is 0.364. The molecule has 0 aliphatic carbocycles. The number of thiophene rings is 1. The van der Waals surface area contributed by atoms with Crippen LogP contribution in [0.15, 0.2) is 35.7 Å². The molecular formula is C22H23Cl2N3O3S2. The van der Waals surface area contributed by atoms with E-state index < -0.39 is 0 Å². The zero-order valence-corrected chi connectivity index (χ0v) is 20.7. The van der Waals surface area contributed by atoms with E-state index in [1.807, 2.05) is 29.6 Å². The molecule has 1 saturated heterocycles. The molecule has 6 nitrogen and oxygen atoms in total. The molecule has 1 fully saturated rings. The Balaban J connectivity index is 1.54. The number of hydrogen-bond acceptors (Lipinski definition) is 7. The lowest BCUT2D eigenvalue weighted by molar-refractivity contribution is 0.0376. The van der Waals surface area contributed by atoms with Gasteiger partial charge in [-0.3, -0.25) is 14.6 Å². The zero-order valence-electron chi connectivity index (χ0n) is 17.6. The van der Waals surface area contributed by atoms with Crippen molar-refractivity contribution in [1.29, 1.82) is 0 Å². The van der Waals surface area contributed by atoms with Crippen LogP contribution in [0.2, 0.25) is 8.67 Å². The summed E-state index contributed by atoms with van der Waals surface area (Å²) in [5, 5.41) is 2.60. The topological polar surface area (TPSA) is 54.9 Å². The number of carbonyl (C=O) groups excluding carboxylic acids is 1. The fourth-order valence-corrected chi connectivity index (χ4v) is 5.78. The Morgan fingerprint density at radius 3 is 2.66 bits per heavy atom. The number of halogens is 2. The van der Waals surface area contributed by atoms with Crippen LogP contribution in [0.5, 0.6) is 5.75 Å². The van der Waals surface area contributed by atoms with Crippen LogP contribution in [0.4, 0.5) is 5.13 Å². The van der Waals surface area contributed by atoms with Crippen molar-refractivity contribution in [2.75, 3.05) is 51.4 Å². The number of hydrogen-bond donors (Lipinski definition) is 0. The summed E-state index contributed by atoms with van der Waals surface area (Å²) >= 11 is 15.0. The summed E-state index contributed by atoms with van der Waals surface area (Å²) in [5.74, 6) is 0.601. The Morgan fingerprint density at radius 2 is 2.00 bits per heavy atom. The van der Waals surface area contributed by atoms with Crippen LogP contribution < -0.4 is 9.64 Å². The molecule has 1 aliphatic heterocycles. The monoisotopic (exact) mass is 511 g/mol. The molecule has 0 unspecified atom stereocenters. The molecule has 0 spiro atoms. The maximum Gasteiger partial charge on any atom is 0.262 e. The van der Waals surface area contributed by atoms with Gasteiger partial charge in [-0.15, -0.1) is 22.7 Å². The van der Waals surface area contributed by atoms with Crippen LogP contribution in [0.25, 0.3) is 11.3 Å². The predicted molar refractivity (Wildman–Crippen MR) is 132 cm³/mol. The van der Waals surface area contributed by atoms with Gasteiger partial charge in [-0.05, 0) is 36.8 Å². The number of methoxy groups -OCH3 is 1. The Bertz CT molecular complexity index is 1050. The third-order valence-electron chi connectivity index (χ3n) is 5.20. The van der Waals surface area contributed by atoms with Crippen molar-refractivity contribution in [2.45, 2.75) is 6.42 Å². The zero-order chi connectivity index (χ0) is 22.5. The number of benzene rings is 1. The molecule has 10 heteroatoms. The number of morpholine rings is 1. The second-order valence-electron chi connectivity index (χ2n) is 7.25. The van der Waals surface area contributed by atoms with Crippen LogP contribution in [0.1, 0.15) is 16.8 Å². The molecule has 0 N–H and O–H groups in total. The van der Waals surface area contributed by atoms with Crippen molar-refractivity contribution < 1.29 is 14.3 Å². The molecule has 170 valence electrons. The second kappa shape index (κ2) is 11.0. The van der Waals surface area contributed by atoms with Gasteiger partial charge in [0.05, 0.1) is 35.9 Å². The van der Waals surface area contributed by atoms with Gasteiger partial charge in [-0.1, -0.05) is 23.2 Å². The summed E-state index contributed by atoms with van der Waals surface area (Å²) in [4.78, 5) is 22.2. The summed E-state index contributed by atoms with van der Waals surface area (Å²) in [6, 6.07) is 9.33. The summed E-state index contributed by atoms with van der Waals surface area (Å²) in [6.45, 7) is 4.77. The Kier molecular flexibility index (Phi) is 8.04. The van der Waals surface area contributed by atoms with Gasteiger partial charge in [0.15, 0.2) is 5.13 Å². The largest absolute Gasteiger partial charge is 0.497 e. The predicted octanol–water partition coefficient (Wildman–Crippen LogP) is 5.56. The van der Waals surface area contributed by atoms with E-state index >= 15 is 0 Å². The molecule has 1 aromatic carbocycles. The highest BCUT2D eigenvalue weighted by molar-refractivity contribution is 7.20. The van der Waals surface area contributed by atoms with Crippen molar-refractivity contribution in [3.8, 4) is 17.0 Å². The first-order valence-electron chi connectivity index (χ1n) is 10.2. The van der Waals surface area contributed by atoms with Crippen LogP contribution >= 0.6 is 45.9 Å². The molecule has 1 aliphatic rings. The first-order valence-corrected chi connectivity index (χ1v) is 12.7. The lowest BCUT2D eigenvalue weighted by atomic mass is 10.2. The molecule has 4 rings (SSSR count). The summed E-state index contributed by atoms with van der Waals surface area (Å²) in [5.41, 5.74) is 2.19. The van der Waals surface area contributed by atoms with Gasteiger partial charge in [0.2, 0.25) is 0 Å². The minimum Gasteiger partial charge on any atom is -0.497 e. The number of aromatic nitrogens is 1. The van der Waals surface area contributed by atoms with E-state index in [0.717, 1.165) is 56.3 Å². The summed E-state index contributed by atoms with van der Waals surface area (Å²) < 4.78 is 11.5. The molecule has 0 saturated carbocycles. The Hall–Kier alpha value is -1.68. The van der Waals surface area contributed by atoms with Crippen LogP contribution in [0, 0.1) is 0 Å². The minimum absolute atomic E-state index is 0.184. The fourth-order valence-electron chi connectivity index (χ4n) is 3.48. The van der Waals surface area contributed by atoms with E-state index in [2.05, 4.69) is 4.90 Å². The van der Waals surface area contributed by atoms with Crippen molar-refractivity contribution in [3.63, 3.8) is 0 Å². The molecule has 3 aromatic rings. The number of anilines is 1. The van der Waals surface area contributed by atoms with Gasteiger partial charge in [0.25, 0.3) is 5.91 Å². The molecule has 1 amide bonds. The van der Waals surface area contributed by atoms with Crippen molar-refractivity contribution in [1.82, 2.24) is 9.88 Å². The van der Waals surface area contributed by atoms with Gasteiger partial charge in [0, 0.05) is 37.1 Å². The number of carbonyl (C=O) groups is 1. The molecule has 3 heterocycles. The number of ether oxygens (including phenoxy) is 2. The Morgan fingerprint density at radius 1 is 1.25 bits per heavy atom. The van der Waals surface area contributed by atoms with E-state index in [4.69, 9.17) is 37.7 Å². The molecular weight excluding hydrogens is 489 g/mol. The van der Waals surface area contributed by atoms with Crippen molar-refractivity contribution in [3.05, 3.63) is 49.9 Å². The number of thiazole rings is 1. The first-order chi connectivity index (χ1) is 15.5. The number of nitrogens with zero attached hydrogens (tertiary/aromatic N) is 3. The highest BCUT2D eigenvalue weighted by Gasteiger charge is 2.25. The molecule has 2 aromatic heterocycles. The van der Waals surface area contributed by atoms with E-state index in [1.165, 1.54) is 22.7 Å². The molecule has 0 atom stereocenters. The van der Waals surface area contributed by atoms with Crippen LogP contribution in [-0.4, -0.2) is 62.3 Å². The normalized spacial score (nSPS) is 14.5. The highest BCUT2D eigenvalue weighted by Crippen LogP contribution is 2.34. The third kappa shape index (κ3) is 5.62. The number of amides is 1. The average Bonchev–Trinajstić information content (AvgIpc) is 3.43. The lowest BCUT2D eigenvalue weighted by Gasteiger charge is -2.27. The van der Waals surface area contributed by atoms with Gasteiger partial charge in [-0.25, -0.2) is 4.98 Å². The minimum atomic E-state index is -0.184. The van der Waals surface area contributed by atoms with Gasteiger partial charge in [0.1, 0.15) is 10.1 Å². The van der Waals surface area contributed by atoms with Gasteiger partial charge in [-0.2, -0.15) is 0 Å². The quantitative estimate of drug-likeness (QED) is 0.396.